The first-order chi connectivity index (χ1) is 12.8. The van der Waals surface area contributed by atoms with E-state index in [1.165, 1.54) is 26.2 Å². The summed E-state index contributed by atoms with van der Waals surface area (Å²) in [7, 11) is 0.822. The molecule has 0 atom stereocenters. The van der Waals surface area contributed by atoms with Crippen LogP contribution in [0.5, 0.6) is 11.5 Å². The largest absolute Gasteiger partial charge is 0.497 e. The minimum absolute atomic E-state index is 0.0367. The molecule has 0 aromatic heterocycles. The lowest BCUT2D eigenvalue weighted by Crippen LogP contribution is -2.23. The Kier molecular flexibility index (Phi) is 6.81. The van der Waals surface area contributed by atoms with E-state index >= 15 is 0 Å². The Morgan fingerprint density at radius 3 is 2.22 bits per heavy atom. The molecule has 2 rings (SSSR count). The molecule has 8 heteroatoms. The van der Waals surface area contributed by atoms with Crippen LogP contribution in [0.2, 0.25) is 0 Å². The van der Waals surface area contributed by atoms with Gasteiger partial charge in [0.2, 0.25) is 10.0 Å². The van der Waals surface area contributed by atoms with Crippen molar-refractivity contribution in [3.63, 3.8) is 0 Å². The lowest BCUT2D eigenvalue weighted by molar-refractivity contribution is 0.0449. The van der Waals surface area contributed by atoms with Crippen molar-refractivity contribution in [2.75, 3.05) is 34.4 Å². The zero-order valence-corrected chi connectivity index (χ0v) is 16.6. The van der Waals surface area contributed by atoms with E-state index in [9.17, 15) is 13.2 Å². The number of aryl methyl sites for hydroxylation is 1. The van der Waals surface area contributed by atoms with Crippen LogP contribution in [-0.2, 0) is 14.8 Å². The van der Waals surface area contributed by atoms with Crippen LogP contribution in [0.4, 0.5) is 0 Å². The van der Waals surface area contributed by atoms with Gasteiger partial charge in [-0.3, -0.25) is 0 Å². The molecule has 0 amide bonds. The Balaban J connectivity index is 1.97. The number of nitrogens with zero attached hydrogens (tertiary/aromatic N) is 1. The molecule has 27 heavy (non-hydrogen) atoms. The molecule has 146 valence electrons. The fourth-order valence-electron chi connectivity index (χ4n) is 2.24. The summed E-state index contributed by atoms with van der Waals surface area (Å²) in [6, 6.07) is 11.4. The van der Waals surface area contributed by atoms with E-state index in [4.69, 9.17) is 14.2 Å². The maximum Gasteiger partial charge on any atom is 0.338 e. The van der Waals surface area contributed by atoms with Gasteiger partial charge in [-0.05, 0) is 48.9 Å². The number of sulfonamides is 1. The van der Waals surface area contributed by atoms with Crippen LogP contribution in [0.25, 0.3) is 0 Å². The highest BCUT2D eigenvalue weighted by atomic mass is 32.2. The van der Waals surface area contributed by atoms with Crippen molar-refractivity contribution in [3.05, 3.63) is 53.6 Å². The Morgan fingerprint density at radius 1 is 1.00 bits per heavy atom. The average Bonchev–Trinajstić information content (AvgIpc) is 2.65. The molecule has 7 nitrogen and oxygen atoms in total. The van der Waals surface area contributed by atoms with E-state index in [0.29, 0.717) is 11.3 Å². The van der Waals surface area contributed by atoms with E-state index in [1.807, 2.05) is 0 Å². The van der Waals surface area contributed by atoms with Crippen LogP contribution in [0.3, 0.4) is 0 Å². The molecular formula is C19H23NO6S. The Hall–Kier alpha value is -2.58. The predicted molar refractivity (Wildman–Crippen MR) is 101 cm³/mol. The number of rotatable bonds is 8. The third-order valence-electron chi connectivity index (χ3n) is 3.85. The van der Waals surface area contributed by atoms with Gasteiger partial charge in [-0.2, -0.15) is 0 Å². The molecule has 0 saturated heterocycles. The topological polar surface area (TPSA) is 82.1 Å². The Labute approximate surface area is 159 Å². The highest BCUT2D eigenvalue weighted by Gasteiger charge is 2.20. The molecule has 2 aromatic rings. The van der Waals surface area contributed by atoms with E-state index in [0.717, 1.165) is 10.1 Å². The zero-order valence-electron chi connectivity index (χ0n) is 15.8. The molecule has 0 aliphatic rings. The lowest BCUT2D eigenvalue weighted by Gasteiger charge is -2.13. The smallest absolute Gasteiger partial charge is 0.338 e. The number of ether oxygens (including phenoxy) is 3. The second kappa shape index (κ2) is 8.88. The maximum absolute atomic E-state index is 12.3. The molecule has 2 aromatic carbocycles. The number of methoxy groups -OCH3 is 1. The van der Waals surface area contributed by atoms with Crippen molar-refractivity contribution in [1.29, 1.82) is 0 Å². The van der Waals surface area contributed by atoms with Gasteiger partial charge in [-0.1, -0.05) is 6.07 Å². The summed E-state index contributed by atoms with van der Waals surface area (Å²) >= 11 is 0. The monoisotopic (exact) mass is 393 g/mol. The van der Waals surface area contributed by atoms with E-state index in [1.54, 1.807) is 44.4 Å². The lowest BCUT2D eigenvalue weighted by atomic mass is 10.1. The standard InChI is InChI=1S/C19H23NO6S/c1-14-5-10-17(27(22,23)20(2)3)13-18(14)19(21)26-12-11-25-16-8-6-15(24-4)7-9-16/h5-10,13H,11-12H2,1-4H3. The van der Waals surface area contributed by atoms with Gasteiger partial charge in [0.25, 0.3) is 0 Å². The van der Waals surface area contributed by atoms with Crippen molar-refractivity contribution >= 4 is 16.0 Å². The fourth-order valence-corrected chi connectivity index (χ4v) is 3.16. The van der Waals surface area contributed by atoms with Gasteiger partial charge in [-0.15, -0.1) is 0 Å². The number of hydrogen-bond acceptors (Lipinski definition) is 6. The first-order valence-electron chi connectivity index (χ1n) is 8.23. The van der Waals surface area contributed by atoms with Crippen LogP contribution in [0.1, 0.15) is 15.9 Å². The highest BCUT2D eigenvalue weighted by Crippen LogP contribution is 2.19. The first kappa shape index (κ1) is 20.7. The number of esters is 1. The van der Waals surface area contributed by atoms with Gasteiger partial charge in [-0.25, -0.2) is 17.5 Å². The molecule has 0 spiro atoms. The highest BCUT2D eigenvalue weighted by molar-refractivity contribution is 7.89. The van der Waals surface area contributed by atoms with Crippen LogP contribution in [0, 0.1) is 6.92 Å². The number of hydrogen-bond donors (Lipinski definition) is 0. The van der Waals surface area contributed by atoms with Crippen molar-refractivity contribution in [1.82, 2.24) is 4.31 Å². The van der Waals surface area contributed by atoms with Crippen LogP contribution in [0.15, 0.2) is 47.4 Å². The van der Waals surface area contributed by atoms with Gasteiger partial charge in [0, 0.05) is 14.1 Å². The minimum Gasteiger partial charge on any atom is -0.497 e. The Bertz CT molecular complexity index is 891. The SMILES string of the molecule is COc1ccc(OCCOC(=O)c2cc(S(=O)(=O)N(C)C)ccc2C)cc1. The molecule has 0 bridgehead atoms. The van der Waals surface area contributed by atoms with Gasteiger partial charge >= 0.3 is 5.97 Å². The molecule has 0 saturated carbocycles. The average molecular weight is 393 g/mol. The van der Waals surface area contributed by atoms with Crippen LogP contribution < -0.4 is 9.47 Å². The molecular weight excluding hydrogens is 370 g/mol. The molecule has 0 heterocycles. The third kappa shape index (κ3) is 5.21. The summed E-state index contributed by atoms with van der Waals surface area (Å²) in [5.74, 6) is 0.751. The van der Waals surface area contributed by atoms with Crippen molar-refractivity contribution in [2.24, 2.45) is 0 Å². The molecule has 0 fully saturated rings. The Morgan fingerprint density at radius 2 is 1.63 bits per heavy atom. The molecule has 0 radical (unpaired) electrons. The third-order valence-corrected chi connectivity index (χ3v) is 5.66. The normalized spacial score (nSPS) is 11.3. The van der Waals surface area contributed by atoms with Crippen LogP contribution >= 0.6 is 0 Å². The van der Waals surface area contributed by atoms with Crippen LogP contribution in [-0.4, -0.2) is 53.1 Å². The number of benzene rings is 2. The van der Waals surface area contributed by atoms with E-state index < -0.39 is 16.0 Å². The van der Waals surface area contributed by atoms with E-state index in [2.05, 4.69) is 0 Å². The first-order valence-corrected chi connectivity index (χ1v) is 9.67. The predicted octanol–water partition coefficient (Wildman–Crippen LogP) is 2.49. The van der Waals surface area contributed by atoms with Crippen molar-refractivity contribution in [2.45, 2.75) is 11.8 Å². The van der Waals surface area contributed by atoms with Gasteiger partial charge in [0.15, 0.2) is 0 Å². The minimum atomic E-state index is -3.63. The summed E-state index contributed by atoms with van der Waals surface area (Å²) in [5, 5.41) is 0. The second-order valence-electron chi connectivity index (χ2n) is 5.92. The summed E-state index contributed by atoms with van der Waals surface area (Å²) < 4.78 is 41.3. The molecule has 0 aliphatic heterocycles. The summed E-state index contributed by atoms with van der Waals surface area (Å²) in [4.78, 5) is 12.3. The quantitative estimate of drug-likeness (QED) is 0.506. The van der Waals surface area contributed by atoms with Gasteiger partial charge in [0.1, 0.15) is 24.7 Å². The fraction of sp³-hybridized carbons (Fsp3) is 0.316. The van der Waals surface area contributed by atoms with Crippen molar-refractivity contribution < 1.29 is 27.4 Å². The summed E-state index contributed by atoms with van der Waals surface area (Å²) in [6.07, 6.45) is 0. The van der Waals surface area contributed by atoms with Gasteiger partial charge in [0.05, 0.1) is 17.6 Å². The molecule has 0 N–H and O–H groups in total. The van der Waals surface area contributed by atoms with E-state index in [-0.39, 0.29) is 23.7 Å². The van der Waals surface area contributed by atoms with Crippen molar-refractivity contribution in [3.8, 4) is 11.5 Å². The molecule has 0 aliphatic carbocycles. The summed E-state index contributed by atoms with van der Waals surface area (Å²) in [6.45, 7) is 1.93. The zero-order chi connectivity index (χ0) is 20.0. The number of carbonyl (C=O) groups is 1. The number of carbonyl (C=O) groups excluding carboxylic acids is 1. The van der Waals surface area contributed by atoms with Gasteiger partial charge < -0.3 is 14.2 Å². The maximum atomic E-state index is 12.3. The second-order valence-corrected chi connectivity index (χ2v) is 8.08. The molecule has 0 unspecified atom stereocenters. The summed E-state index contributed by atoms with van der Waals surface area (Å²) in [5.41, 5.74) is 0.844.